The van der Waals surface area contributed by atoms with E-state index in [4.69, 9.17) is 5.73 Å². The first-order valence-electron chi connectivity index (χ1n) is 13.9. The number of hydrogen-bond donors (Lipinski definition) is 6. The van der Waals surface area contributed by atoms with Crippen LogP contribution in [0.5, 0.6) is 5.75 Å². The number of aliphatic hydroxyl groups excluding tert-OH is 2. The molecule has 0 aliphatic heterocycles. The van der Waals surface area contributed by atoms with Gasteiger partial charge in [0, 0.05) is 23.7 Å². The number of fused-ring (bicyclic) bond motifs is 3. The predicted molar refractivity (Wildman–Crippen MR) is 157 cm³/mol. The highest BCUT2D eigenvalue weighted by atomic mass is 16.3. The molecule has 0 aromatic heterocycles. The number of hydrogen-bond acceptors (Lipinski definition) is 9. The molecule has 2 aromatic rings. The third-order valence-electron chi connectivity index (χ3n) is 8.62. The van der Waals surface area contributed by atoms with Crippen LogP contribution in [0.2, 0.25) is 0 Å². The number of primary amides is 1. The molecule has 0 fully saturated rings. The number of ketones is 2. The molecule has 5 rings (SSSR count). The van der Waals surface area contributed by atoms with E-state index in [1.807, 2.05) is 24.3 Å². The zero-order valence-corrected chi connectivity index (χ0v) is 24.4. The molecule has 0 saturated heterocycles. The van der Waals surface area contributed by atoms with Gasteiger partial charge < -0.3 is 31.5 Å². The van der Waals surface area contributed by atoms with Crippen molar-refractivity contribution in [2.75, 3.05) is 26.0 Å². The Hall–Kier alpha value is -4.15. The number of allylic oxidation sites excluding steroid dienone is 1. The van der Waals surface area contributed by atoms with Gasteiger partial charge in [-0.1, -0.05) is 39.0 Å². The Morgan fingerprint density at radius 3 is 2.29 bits per heavy atom. The number of rotatable bonds is 5. The van der Waals surface area contributed by atoms with Gasteiger partial charge in [0.05, 0.1) is 11.6 Å². The van der Waals surface area contributed by atoms with Gasteiger partial charge >= 0.3 is 0 Å². The summed E-state index contributed by atoms with van der Waals surface area (Å²) < 4.78 is 0. The second kappa shape index (κ2) is 9.99. The van der Waals surface area contributed by atoms with Gasteiger partial charge in [0.1, 0.15) is 22.8 Å². The van der Waals surface area contributed by atoms with E-state index < -0.39 is 58.0 Å². The number of carbonyl (C=O) groups is 3. The van der Waals surface area contributed by atoms with E-state index in [9.17, 15) is 34.8 Å². The summed E-state index contributed by atoms with van der Waals surface area (Å²) >= 11 is 0. The van der Waals surface area contributed by atoms with Crippen molar-refractivity contribution in [3.63, 3.8) is 0 Å². The number of nitrogens with two attached hydrogens (primary N) is 1. The maximum absolute atomic E-state index is 13.9. The topological polar surface area (TPSA) is 173 Å². The zero-order chi connectivity index (χ0) is 30.9. The minimum atomic E-state index is -2.66. The molecule has 0 radical (unpaired) electrons. The highest BCUT2D eigenvalue weighted by Gasteiger charge is 2.63. The smallest absolute Gasteiger partial charge is 0.255 e. The first kappa shape index (κ1) is 29.3. The van der Waals surface area contributed by atoms with Crippen molar-refractivity contribution in [1.82, 2.24) is 4.90 Å². The molecular weight excluding hydrogens is 538 g/mol. The van der Waals surface area contributed by atoms with Crippen molar-refractivity contribution < 1.29 is 34.8 Å². The molecule has 0 spiro atoms. The molecule has 0 saturated carbocycles. The number of nitrogens with one attached hydrogen (secondary N) is 1. The summed E-state index contributed by atoms with van der Waals surface area (Å²) in [4.78, 5) is 41.0. The van der Waals surface area contributed by atoms with Crippen LogP contribution < -0.4 is 11.1 Å². The summed E-state index contributed by atoms with van der Waals surface area (Å²) in [7, 11) is 3.20. The van der Waals surface area contributed by atoms with Gasteiger partial charge in [0.25, 0.3) is 5.91 Å². The summed E-state index contributed by atoms with van der Waals surface area (Å²) in [5, 5.41) is 48.3. The lowest BCUT2D eigenvalue weighted by Crippen LogP contribution is -2.63. The van der Waals surface area contributed by atoms with Crippen molar-refractivity contribution in [3.8, 4) is 16.9 Å². The van der Waals surface area contributed by atoms with Gasteiger partial charge in [-0.15, -0.1) is 0 Å². The first-order chi connectivity index (χ1) is 19.6. The fraction of sp³-hybridized carbons (Fsp3) is 0.406. The Bertz CT molecular complexity index is 1570. The Labute approximate surface area is 244 Å². The van der Waals surface area contributed by atoms with Crippen LogP contribution in [0.4, 0.5) is 5.69 Å². The molecule has 0 heterocycles. The number of benzene rings is 2. The number of carbonyl (C=O) groups excluding carboxylic acids is 3. The maximum Gasteiger partial charge on any atom is 0.255 e. The molecule has 42 heavy (non-hydrogen) atoms. The Kier molecular flexibility index (Phi) is 6.98. The normalized spacial score (nSPS) is 25.7. The van der Waals surface area contributed by atoms with Crippen LogP contribution in [0.1, 0.15) is 43.1 Å². The second-order valence-corrected chi connectivity index (χ2v) is 12.9. The second-order valence-electron chi connectivity index (χ2n) is 12.9. The van der Waals surface area contributed by atoms with Crippen LogP contribution in [-0.2, 0) is 16.0 Å². The number of aromatic hydroxyl groups is 1. The highest BCUT2D eigenvalue weighted by Crippen LogP contribution is 2.53. The third-order valence-corrected chi connectivity index (χ3v) is 8.62. The van der Waals surface area contributed by atoms with Crippen LogP contribution >= 0.6 is 0 Å². The van der Waals surface area contributed by atoms with Crippen LogP contribution in [0, 0.1) is 17.3 Å². The van der Waals surface area contributed by atoms with Crippen molar-refractivity contribution >= 4 is 23.2 Å². The fourth-order valence-electron chi connectivity index (χ4n) is 6.66. The number of phenolic OH excluding ortho intramolecular Hbond substituents is 1. The molecule has 7 N–H and O–H groups in total. The minimum Gasteiger partial charge on any atom is -0.510 e. The molecule has 4 atom stereocenters. The summed E-state index contributed by atoms with van der Waals surface area (Å²) in [6.45, 7) is 7.20. The largest absolute Gasteiger partial charge is 0.510 e. The monoisotopic (exact) mass is 575 g/mol. The minimum absolute atomic E-state index is 0.0109. The number of anilines is 1. The lowest BCUT2D eigenvalue weighted by molar-refractivity contribution is -0.148. The lowest BCUT2D eigenvalue weighted by Gasteiger charge is -2.50. The molecular formula is C32H37N3O7. The van der Waals surface area contributed by atoms with Gasteiger partial charge in [-0.05, 0) is 73.2 Å². The van der Waals surface area contributed by atoms with Crippen molar-refractivity contribution in [3.05, 3.63) is 70.2 Å². The van der Waals surface area contributed by atoms with Gasteiger partial charge in [-0.3, -0.25) is 19.3 Å². The molecule has 1 amide bonds. The van der Waals surface area contributed by atoms with Gasteiger partial charge in [0.2, 0.25) is 5.78 Å². The van der Waals surface area contributed by atoms with E-state index in [-0.39, 0.29) is 35.1 Å². The summed E-state index contributed by atoms with van der Waals surface area (Å²) in [6.07, 6.45) is 0.263. The summed E-state index contributed by atoms with van der Waals surface area (Å²) in [6, 6.07) is 9.88. The Morgan fingerprint density at radius 2 is 1.71 bits per heavy atom. The van der Waals surface area contributed by atoms with Crippen molar-refractivity contribution in [2.24, 2.45) is 23.0 Å². The fourth-order valence-corrected chi connectivity index (χ4v) is 6.66. The Morgan fingerprint density at radius 1 is 1.07 bits per heavy atom. The molecule has 3 aliphatic rings. The first-order valence-corrected chi connectivity index (χ1v) is 13.9. The predicted octanol–water partition coefficient (Wildman–Crippen LogP) is 3.25. The van der Waals surface area contributed by atoms with Gasteiger partial charge in [-0.25, -0.2) is 0 Å². The molecule has 10 nitrogen and oxygen atoms in total. The van der Waals surface area contributed by atoms with Crippen molar-refractivity contribution in [2.45, 2.75) is 45.3 Å². The number of Topliss-reactive ketones (excluding diaryl/α,β-unsaturated/α-hetero) is 2. The van der Waals surface area contributed by atoms with Crippen LogP contribution in [0.15, 0.2) is 59.1 Å². The average molecular weight is 576 g/mol. The third kappa shape index (κ3) is 4.46. The van der Waals surface area contributed by atoms with Gasteiger partial charge in [0.15, 0.2) is 11.4 Å². The van der Waals surface area contributed by atoms with Crippen LogP contribution in [0.3, 0.4) is 0 Å². The number of likely N-dealkylation sites (N-methyl/N-ethyl adjacent to an activating group) is 1. The van der Waals surface area contributed by atoms with E-state index in [2.05, 4.69) is 26.1 Å². The average Bonchev–Trinajstić information content (AvgIpc) is 2.89. The van der Waals surface area contributed by atoms with Crippen LogP contribution in [-0.4, -0.2) is 75.1 Å². The van der Waals surface area contributed by atoms with Crippen molar-refractivity contribution in [1.29, 1.82) is 0 Å². The number of nitrogens with zero attached hydrogens (tertiary/aromatic N) is 1. The number of aliphatic hydroxyl groups is 3. The summed E-state index contributed by atoms with van der Waals surface area (Å²) in [5.41, 5.74) is 4.91. The molecule has 4 unspecified atom stereocenters. The summed E-state index contributed by atoms with van der Waals surface area (Å²) in [5.74, 6) is -6.67. The van der Waals surface area contributed by atoms with E-state index in [1.54, 1.807) is 20.2 Å². The zero-order valence-electron chi connectivity index (χ0n) is 24.4. The SMILES string of the molecule is CN(C)C1C(O)=C(C(N)=O)C(=O)C2(O)C(O)=C3C(=O)c4c(O)ccc(-c5ccc(NCC(C)(C)C)cc5)c4CC3CC12. The number of phenols is 1. The van der Waals surface area contributed by atoms with E-state index in [0.717, 1.165) is 23.4 Å². The quantitative estimate of drug-likeness (QED) is 0.293. The molecule has 10 heteroatoms. The van der Waals surface area contributed by atoms with E-state index >= 15 is 0 Å². The maximum atomic E-state index is 13.9. The molecule has 0 bridgehead atoms. The molecule has 3 aliphatic carbocycles. The lowest BCUT2D eigenvalue weighted by atomic mass is 9.58. The highest BCUT2D eigenvalue weighted by molar-refractivity contribution is 6.24. The van der Waals surface area contributed by atoms with Gasteiger partial charge in [-0.2, -0.15) is 0 Å². The molecule has 2 aromatic carbocycles. The number of amides is 1. The molecule has 222 valence electrons. The standard InChI is InChI=1S/C32H37N3O7/c1-31(2,3)14-34-17-8-6-15(7-9-17)18-10-11-21(36)23-19(18)12-16-13-20-25(35(4)5)27(38)24(30(33)41)29(40)32(20,42)28(39)22(16)26(23)37/h6-11,16,20,25,34,36,38-39,42H,12-14H2,1-5H3,(H2,33,41). The van der Waals surface area contributed by atoms with Crippen LogP contribution in [0.25, 0.3) is 11.1 Å². The van der Waals surface area contributed by atoms with E-state index in [0.29, 0.717) is 5.56 Å². The van der Waals surface area contributed by atoms with E-state index in [1.165, 1.54) is 11.0 Å². The Balaban J connectivity index is 1.61.